The largest absolute Gasteiger partial charge is 0.458 e. The van der Waals surface area contributed by atoms with Gasteiger partial charge in [-0.1, -0.05) is 29.8 Å². The van der Waals surface area contributed by atoms with Crippen LogP contribution in [0.5, 0.6) is 0 Å². The van der Waals surface area contributed by atoms with Gasteiger partial charge < -0.3 is 4.74 Å². The maximum Gasteiger partial charge on any atom is 0.358 e. The van der Waals surface area contributed by atoms with Crippen molar-refractivity contribution in [2.75, 3.05) is 0 Å². The lowest BCUT2D eigenvalue weighted by molar-refractivity contribution is 0.0289. The van der Waals surface area contributed by atoms with Gasteiger partial charge in [-0.2, -0.15) is 0 Å². The lowest BCUT2D eigenvalue weighted by Gasteiger charge is -2.10. The summed E-state index contributed by atoms with van der Waals surface area (Å²) < 4.78 is 5.41. The number of benzene rings is 1. The predicted octanol–water partition coefficient (Wildman–Crippen LogP) is 4.42. The molecule has 1 aliphatic carbocycles. The maximum atomic E-state index is 12.0. The van der Waals surface area contributed by atoms with E-state index >= 15 is 0 Å². The number of rotatable bonds is 4. The Balaban J connectivity index is 1.76. The standard InChI is InChI=1S/C15H14ClNO2S/c1-9(10-6-7-10)19-15(18)13-8-20-14(17-13)11-4-2-3-5-12(11)16/h2-5,8-10H,6-7H2,1H3. The van der Waals surface area contributed by atoms with Gasteiger partial charge in [0.2, 0.25) is 0 Å². The van der Waals surface area contributed by atoms with Crippen molar-refractivity contribution in [3.8, 4) is 10.6 Å². The molecule has 0 spiro atoms. The quantitative estimate of drug-likeness (QED) is 0.785. The number of ether oxygens (including phenoxy) is 1. The van der Waals surface area contributed by atoms with Crippen LogP contribution in [0.4, 0.5) is 0 Å². The highest BCUT2D eigenvalue weighted by Gasteiger charge is 2.31. The Kier molecular flexibility index (Phi) is 3.76. The van der Waals surface area contributed by atoms with Crippen LogP contribution in [-0.2, 0) is 4.74 Å². The molecule has 20 heavy (non-hydrogen) atoms. The number of hydrogen-bond acceptors (Lipinski definition) is 4. The van der Waals surface area contributed by atoms with Crippen LogP contribution in [0.15, 0.2) is 29.6 Å². The van der Waals surface area contributed by atoms with Gasteiger partial charge in [0, 0.05) is 10.9 Å². The third-order valence-electron chi connectivity index (χ3n) is 3.40. The fourth-order valence-electron chi connectivity index (χ4n) is 2.02. The van der Waals surface area contributed by atoms with Crippen molar-refractivity contribution >= 4 is 28.9 Å². The molecular formula is C15H14ClNO2S. The monoisotopic (exact) mass is 307 g/mol. The molecule has 1 aromatic heterocycles. The minimum Gasteiger partial charge on any atom is -0.458 e. The SMILES string of the molecule is CC(OC(=O)c1csc(-c2ccccc2Cl)n1)C1CC1. The van der Waals surface area contributed by atoms with Crippen LogP contribution in [0.2, 0.25) is 5.02 Å². The average Bonchev–Trinajstić information content (AvgIpc) is 3.17. The zero-order chi connectivity index (χ0) is 14.1. The van der Waals surface area contributed by atoms with E-state index in [0.717, 1.165) is 23.4 Å². The number of thiazole rings is 1. The molecule has 104 valence electrons. The minimum absolute atomic E-state index is 0.0204. The van der Waals surface area contributed by atoms with E-state index in [0.29, 0.717) is 16.6 Å². The highest BCUT2D eigenvalue weighted by molar-refractivity contribution is 7.13. The van der Waals surface area contributed by atoms with Gasteiger partial charge in [-0.15, -0.1) is 11.3 Å². The van der Waals surface area contributed by atoms with Crippen molar-refractivity contribution in [3.63, 3.8) is 0 Å². The van der Waals surface area contributed by atoms with E-state index in [1.165, 1.54) is 11.3 Å². The molecule has 1 heterocycles. The first kappa shape index (κ1) is 13.6. The molecule has 0 saturated heterocycles. The van der Waals surface area contributed by atoms with Crippen LogP contribution in [-0.4, -0.2) is 17.1 Å². The van der Waals surface area contributed by atoms with Gasteiger partial charge in [-0.25, -0.2) is 9.78 Å². The summed E-state index contributed by atoms with van der Waals surface area (Å²) >= 11 is 7.53. The number of aromatic nitrogens is 1. The molecule has 0 radical (unpaired) electrons. The normalized spacial score (nSPS) is 15.9. The molecule has 1 fully saturated rings. The highest BCUT2D eigenvalue weighted by atomic mass is 35.5. The van der Waals surface area contributed by atoms with E-state index in [2.05, 4.69) is 4.98 Å². The lowest BCUT2D eigenvalue weighted by atomic mass is 10.2. The minimum atomic E-state index is -0.348. The Morgan fingerprint density at radius 1 is 1.45 bits per heavy atom. The third-order valence-corrected chi connectivity index (χ3v) is 4.60. The Morgan fingerprint density at radius 2 is 2.20 bits per heavy atom. The molecule has 0 bridgehead atoms. The molecule has 1 atom stereocenters. The summed E-state index contributed by atoms with van der Waals surface area (Å²) in [4.78, 5) is 16.3. The number of carbonyl (C=O) groups is 1. The Morgan fingerprint density at radius 3 is 2.90 bits per heavy atom. The number of hydrogen-bond donors (Lipinski definition) is 0. The molecule has 2 aromatic rings. The summed E-state index contributed by atoms with van der Waals surface area (Å²) in [5, 5.41) is 3.09. The van der Waals surface area contributed by atoms with Gasteiger partial charge in [0.05, 0.1) is 5.02 Å². The maximum absolute atomic E-state index is 12.0. The number of esters is 1. The summed E-state index contributed by atoms with van der Waals surface area (Å²) in [6, 6.07) is 7.47. The van der Waals surface area contributed by atoms with Crippen LogP contribution < -0.4 is 0 Å². The fourth-order valence-corrected chi connectivity index (χ4v) is 3.13. The Hall–Kier alpha value is -1.39. The van der Waals surface area contributed by atoms with Gasteiger partial charge in [-0.05, 0) is 31.7 Å². The van der Waals surface area contributed by atoms with Crippen molar-refractivity contribution in [3.05, 3.63) is 40.4 Å². The van der Waals surface area contributed by atoms with Crippen molar-refractivity contribution < 1.29 is 9.53 Å². The second kappa shape index (κ2) is 5.54. The first-order valence-electron chi connectivity index (χ1n) is 6.56. The first-order chi connectivity index (χ1) is 9.65. The summed E-state index contributed by atoms with van der Waals surface area (Å²) in [5.41, 5.74) is 1.20. The van der Waals surface area contributed by atoms with Crippen molar-refractivity contribution in [1.82, 2.24) is 4.98 Å². The third kappa shape index (κ3) is 2.86. The molecule has 1 aliphatic rings. The lowest BCUT2D eigenvalue weighted by Crippen LogP contribution is -2.17. The molecule has 0 aliphatic heterocycles. The molecule has 5 heteroatoms. The van der Waals surface area contributed by atoms with E-state index in [1.807, 2.05) is 31.2 Å². The topological polar surface area (TPSA) is 39.2 Å². The van der Waals surface area contributed by atoms with Crippen LogP contribution in [0.1, 0.15) is 30.3 Å². The predicted molar refractivity (Wildman–Crippen MR) is 80.2 cm³/mol. The van der Waals surface area contributed by atoms with E-state index in [4.69, 9.17) is 16.3 Å². The molecule has 1 aromatic carbocycles. The van der Waals surface area contributed by atoms with Gasteiger partial charge in [0.25, 0.3) is 0 Å². The fraction of sp³-hybridized carbons (Fsp3) is 0.333. The second-order valence-electron chi connectivity index (χ2n) is 4.97. The van der Waals surface area contributed by atoms with E-state index < -0.39 is 0 Å². The summed E-state index contributed by atoms with van der Waals surface area (Å²) in [7, 11) is 0. The van der Waals surface area contributed by atoms with Gasteiger partial charge in [0.1, 0.15) is 11.1 Å². The van der Waals surface area contributed by atoms with Crippen LogP contribution in [0, 0.1) is 5.92 Å². The van der Waals surface area contributed by atoms with E-state index in [9.17, 15) is 4.79 Å². The smallest absolute Gasteiger partial charge is 0.358 e. The molecule has 1 unspecified atom stereocenters. The zero-order valence-corrected chi connectivity index (χ0v) is 12.6. The molecule has 3 rings (SSSR count). The van der Waals surface area contributed by atoms with Crippen LogP contribution in [0.25, 0.3) is 10.6 Å². The second-order valence-corrected chi connectivity index (χ2v) is 6.23. The van der Waals surface area contributed by atoms with Gasteiger partial charge >= 0.3 is 5.97 Å². The van der Waals surface area contributed by atoms with Gasteiger partial charge in [-0.3, -0.25) is 0 Å². The van der Waals surface area contributed by atoms with Crippen molar-refractivity contribution in [2.45, 2.75) is 25.9 Å². The molecular weight excluding hydrogens is 294 g/mol. The van der Waals surface area contributed by atoms with E-state index in [1.54, 1.807) is 5.38 Å². The average molecular weight is 308 g/mol. The molecule has 0 amide bonds. The van der Waals surface area contributed by atoms with Crippen LogP contribution >= 0.6 is 22.9 Å². The Labute approximate surface area is 126 Å². The van der Waals surface area contributed by atoms with Gasteiger partial charge in [0.15, 0.2) is 5.69 Å². The number of carbonyl (C=O) groups excluding carboxylic acids is 1. The zero-order valence-electron chi connectivity index (χ0n) is 11.0. The summed E-state index contributed by atoms with van der Waals surface area (Å²) in [5.74, 6) is 0.180. The van der Waals surface area contributed by atoms with E-state index in [-0.39, 0.29) is 12.1 Å². The molecule has 3 nitrogen and oxygen atoms in total. The first-order valence-corrected chi connectivity index (χ1v) is 7.82. The Bertz CT molecular complexity index is 636. The number of nitrogens with zero attached hydrogens (tertiary/aromatic N) is 1. The summed E-state index contributed by atoms with van der Waals surface area (Å²) in [6.45, 7) is 1.94. The molecule has 1 saturated carbocycles. The highest BCUT2D eigenvalue weighted by Crippen LogP contribution is 2.35. The molecule has 0 N–H and O–H groups in total. The van der Waals surface area contributed by atoms with Crippen molar-refractivity contribution in [1.29, 1.82) is 0 Å². The van der Waals surface area contributed by atoms with Crippen LogP contribution in [0.3, 0.4) is 0 Å². The number of halogens is 1. The van der Waals surface area contributed by atoms with Crippen molar-refractivity contribution in [2.24, 2.45) is 5.92 Å². The summed E-state index contributed by atoms with van der Waals surface area (Å²) in [6.07, 6.45) is 2.28.